The van der Waals surface area contributed by atoms with E-state index in [2.05, 4.69) is 44.6 Å². The van der Waals surface area contributed by atoms with Crippen LogP contribution in [0, 0.1) is 28.6 Å². The largest absolute Gasteiger partial charge is 0.469 e. The Bertz CT molecular complexity index is 704. The van der Waals surface area contributed by atoms with Crippen molar-refractivity contribution in [3.8, 4) is 0 Å². The fraction of sp³-hybridized carbons (Fsp3) is 0.760. The van der Waals surface area contributed by atoms with Crippen molar-refractivity contribution < 1.29 is 19.1 Å². The van der Waals surface area contributed by atoms with Crippen molar-refractivity contribution in [1.82, 2.24) is 0 Å². The summed E-state index contributed by atoms with van der Waals surface area (Å²) in [6.45, 7) is 9.84. The molecule has 0 aliphatic heterocycles. The molecule has 1 saturated carbocycles. The summed E-state index contributed by atoms with van der Waals surface area (Å²) >= 11 is 0. The van der Waals surface area contributed by atoms with Gasteiger partial charge in [0, 0.05) is 5.41 Å². The minimum atomic E-state index is -0.366. The van der Waals surface area contributed by atoms with Crippen molar-refractivity contribution in [2.45, 2.75) is 79.1 Å². The molecule has 0 spiro atoms. The van der Waals surface area contributed by atoms with Crippen LogP contribution in [0.4, 0.5) is 0 Å². The van der Waals surface area contributed by atoms with Crippen LogP contribution >= 0.6 is 0 Å². The normalized spacial score (nSPS) is 33.9. The van der Waals surface area contributed by atoms with Crippen LogP contribution in [0.25, 0.3) is 0 Å². The van der Waals surface area contributed by atoms with Gasteiger partial charge in [-0.2, -0.15) is 0 Å². The number of carbonyl (C=O) groups excluding carboxylic acids is 2. The van der Waals surface area contributed by atoms with Crippen LogP contribution in [-0.4, -0.2) is 25.7 Å². The topological polar surface area (TPSA) is 52.6 Å². The smallest absolute Gasteiger partial charge is 0.306 e. The van der Waals surface area contributed by atoms with Crippen LogP contribution in [0.5, 0.6) is 0 Å². The zero-order valence-corrected chi connectivity index (χ0v) is 18.9. The van der Waals surface area contributed by atoms with Crippen molar-refractivity contribution in [3.05, 3.63) is 23.3 Å². The average molecular weight is 403 g/mol. The highest BCUT2D eigenvalue weighted by molar-refractivity contribution is 5.77. The van der Waals surface area contributed by atoms with Crippen LogP contribution in [-0.2, 0) is 19.1 Å². The first-order chi connectivity index (χ1) is 13.7. The Labute approximate surface area is 176 Å². The molecule has 3 aliphatic rings. The maximum Gasteiger partial charge on any atom is 0.306 e. The van der Waals surface area contributed by atoms with Gasteiger partial charge >= 0.3 is 11.9 Å². The number of fused-ring (bicyclic) bond motifs is 3. The predicted octanol–water partition coefficient (Wildman–Crippen LogP) is 5.62. The van der Waals surface area contributed by atoms with Gasteiger partial charge in [0.15, 0.2) is 0 Å². The first-order valence-electron chi connectivity index (χ1n) is 11.3. The van der Waals surface area contributed by atoms with Gasteiger partial charge in [0.1, 0.15) is 0 Å². The van der Waals surface area contributed by atoms with E-state index in [0.29, 0.717) is 24.4 Å². The van der Waals surface area contributed by atoms with Crippen LogP contribution in [0.1, 0.15) is 79.1 Å². The number of carbonyl (C=O) groups is 2. The van der Waals surface area contributed by atoms with E-state index < -0.39 is 0 Å². The summed E-state index contributed by atoms with van der Waals surface area (Å²) in [5, 5.41) is 0. The molecule has 1 fully saturated rings. The summed E-state index contributed by atoms with van der Waals surface area (Å²) in [6, 6.07) is 0. The van der Waals surface area contributed by atoms with Crippen molar-refractivity contribution in [2.24, 2.45) is 28.6 Å². The van der Waals surface area contributed by atoms with Gasteiger partial charge < -0.3 is 9.47 Å². The summed E-state index contributed by atoms with van der Waals surface area (Å²) in [5.41, 5.74) is 3.41. The zero-order chi connectivity index (χ0) is 21.2. The third kappa shape index (κ3) is 4.46. The van der Waals surface area contributed by atoms with E-state index in [1.165, 1.54) is 32.8 Å². The maximum atomic E-state index is 12.2. The molecule has 0 N–H and O–H groups in total. The van der Waals surface area contributed by atoms with E-state index in [4.69, 9.17) is 4.74 Å². The molecule has 4 nitrogen and oxygen atoms in total. The molecule has 4 unspecified atom stereocenters. The van der Waals surface area contributed by atoms with E-state index in [9.17, 15) is 9.59 Å². The summed E-state index contributed by atoms with van der Waals surface area (Å²) in [5.74, 6) is 1.12. The van der Waals surface area contributed by atoms with Crippen molar-refractivity contribution >= 4 is 11.9 Å². The number of ether oxygens (including phenoxy) is 2. The summed E-state index contributed by atoms with van der Waals surface area (Å²) in [7, 11) is 1.34. The Morgan fingerprint density at radius 3 is 2.59 bits per heavy atom. The Morgan fingerprint density at radius 1 is 1.17 bits per heavy atom. The highest BCUT2D eigenvalue weighted by Gasteiger charge is 2.54. The second kappa shape index (κ2) is 8.65. The third-order valence-electron chi connectivity index (χ3n) is 8.03. The monoisotopic (exact) mass is 402 g/mol. The molecule has 0 amide bonds. The molecule has 0 bridgehead atoms. The molecule has 162 valence electrons. The predicted molar refractivity (Wildman–Crippen MR) is 114 cm³/mol. The fourth-order valence-electron chi connectivity index (χ4n) is 6.27. The van der Waals surface area contributed by atoms with E-state index in [-0.39, 0.29) is 35.6 Å². The number of methoxy groups -OCH3 is 1. The SMILES string of the molecule is COC(=O)CCC(=O)OCC1(C)CCCC2(C)C3CCC(C(C)C)=CC3=CCC12. The molecule has 0 aromatic rings. The first kappa shape index (κ1) is 22.1. The highest BCUT2D eigenvalue weighted by atomic mass is 16.5. The number of esters is 2. The molecule has 3 rings (SSSR count). The number of rotatable bonds is 6. The molecular formula is C25H38O4. The second-order valence-electron chi connectivity index (χ2n) is 10.2. The lowest BCUT2D eigenvalue weighted by Gasteiger charge is -2.58. The third-order valence-corrected chi connectivity index (χ3v) is 8.03. The van der Waals surface area contributed by atoms with Crippen LogP contribution in [0.2, 0.25) is 0 Å². The quantitative estimate of drug-likeness (QED) is 0.541. The molecule has 0 radical (unpaired) electrons. The minimum absolute atomic E-state index is 0.00199. The highest BCUT2D eigenvalue weighted by Crippen LogP contribution is 2.62. The number of hydrogen-bond donors (Lipinski definition) is 0. The van der Waals surface area contributed by atoms with E-state index >= 15 is 0 Å². The Kier molecular flexibility index (Phi) is 6.60. The number of allylic oxidation sites excluding steroid dienone is 4. The molecular weight excluding hydrogens is 364 g/mol. The van der Waals surface area contributed by atoms with Gasteiger partial charge in [-0.1, -0.05) is 51.8 Å². The molecule has 3 aliphatic carbocycles. The molecule has 0 saturated heterocycles. The molecule has 4 atom stereocenters. The van der Waals surface area contributed by atoms with Crippen molar-refractivity contribution in [2.75, 3.05) is 13.7 Å². The van der Waals surface area contributed by atoms with Gasteiger partial charge in [-0.05, 0) is 60.8 Å². The summed E-state index contributed by atoms with van der Waals surface area (Å²) in [4.78, 5) is 23.4. The van der Waals surface area contributed by atoms with Crippen LogP contribution in [0.15, 0.2) is 23.3 Å². The maximum absolute atomic E-state index is 12.2. The van der Waals surface area contributed by atoms with Gasteiger partial charge in [0.2, 0.25) is 0 Å². The zero-order valence-electron chi connectivity index (χ0n) is 18.9. The lowest BCUT2D eigenvalue weighted by Crippen LogP contribution is -2.51. The van der Waals surface area contributed by atoms with Crippen LogP contribution < -0.4 is 0 Å². The molecule has 0 heterocycles. The molecule has 4 heteroatoms. The van der Waals surface area contributed by atoms with Crippen LogP contribution in [0.3, 0.4) is 0 Å². The van der Waals surface area contributed by atoms with Crippen molar-refractivity contribution in [3.63, 3.8) is 0 Å². The fourth-order valence-corrected chi connectivity index (χ4v) is 6.27. The Balaban J connectivity index is 1.72. The second-order valence-corrected chi connectivity index (χ2v) is 10.2. The van der Waals surface area contributed by atoms with Gasteiger partial charge in [-0.3, -0.25) is 9.59 Å². The lowest BCUT2D eigenvalue weighted by molar-refractivity contribution is -0.156. The van der Waals surface area contributed by atoms with E-state index in [1.807, 2.05) is 0 Å². The Hall–Kier alpha value is -1.58. The van der Waals surface area contributed by atoms with Gasteiger partial charge in [0.25, 0.3) is 0 Å². The van der Waals surface area contributed by atoms with E-state index in [0.717, 1.165) is 12.8 Å². The molecule has 0 aromatic carbocycles. The average Bonchev–Trinajstić information content (AvgIpc) is 2.70. The first-order valence-corrected chi connectivity index (χ1v) is 11.3. The molecule has 0 aromatic heterocycles. The lowest BCUT2D eigenvalue weighted by atomic mass is 9.47. The summed E-state index contributed by atoms with van der Waals surface area (Å²) in [6.07, 6.45) is 12.2. The van der Waals surface area contributed by atoms with Gasteiger partial charge in [-0.25, -0.2) is 0 Å². The van der Waals surface area contributed by atoms with Crippen molar-refractivity contribution in [1.29, 1.82) is 0 Å². The summed E-state index contributed by atoms with van der Waals surface area (Å²) < 4.78 is 10.3. The van der Waals surface area contributed by atoms with Gasteiger partial charge in [-0.15, -0.1) is 0 Å². The molecule has 29 heavy (non-hydrogen) atoms. The standard InChI is InChI=1S/C25H38O4/c1-17(2)18-7-9-20-19(15-18)8-10-21-24(3,13-6-14-25(20,21)4)16-29-23(27)12-11-22(26)28-5/h8,15,17,20-21H,6-7,9-14,16H2,1-5H3. The van der Waals surface area contributed by atoms with Gasteiger partial charge in [0.05, 0.1) is 26.6 Å². The van der Waals surface area contributed by atoms with E-state index in [1.54, 1.807) is 11.1 Å². The Morgan fingerprint density at radius 2 is 1.90 bits per heavy atom. The minimum Gasteiger partial charge on any atom is -0.469 e. The number of hydrogen-bond acceptors (Lipinski definition) is 4.